The van der Waals surface area contributed by atoms with Gasteiger partial charge in [-0.05, 0) is 32.6 Å². The average Bonchev–Trinajstić information content (AvgIpc) is 3.42. The lowest BCUT2D eigenvalue weighted by molar-refractivity contribution is -0.140. The van der Waals surface area contributed by atoms with Crippen LogP contribution in [-0.4, -0.2) is 57.9 Å². The molecule has 2 fully saturated rings. The highest BCUT2D eigenvalue weighted by Gasteiger charge is 2.57. The van der Waals surface area contributed by atoms with E-state index >= 15 is 8.78 Å². The van der Waals surface area contributed by atoms with Gasteiger partial charge in [-0.2, -0.15) is 13.2 Å². The normalized spacial score (nSPS) is 26.0. The SMILES string of the molecule is CCOC(=O)C(F)=C(N=NN1CCCC1)C1C(F)=C(N=NN2CCCC2)C(F)(F)CC1(Br)Br. The third-order valence-electron chi connectivity index (χ3n) is 5.37. The van der Waals surface area contributed by atoms with Crippen molar-refractivity contribution in [1.29, 1.82) is 0 Å². The lowest BCUT2D eigenvalue weighted by atomic mass is 9.87. The standard InChI is InChI=1S/C19H24Br2F4N6O2/c1-2-33-17(32)14(23)15(26-28-30-7-3-4-8-30)12-13(22)16(19(24,25)11-18(12,20)21)27-29-31-9-5-6-10-31/h12H,2-11H2,1H3. The molecule has 14 heteroatoms. The summed E-state index contributed by atoms with van der Waals surface area (Å²) in [6, 6.07) is 0. The molecule has 0 amide bonds. The Hall–Kier alpha value is -1.57. The van der Waals surface area contributed by atoms with Gasteiger partial charge in [0, 0.05) is 32.6 Å². The van der Waals surface area contributed by atoms with Gasteiger partial charge in [-0.1, -0.05) is 42.3 Å². The molecule has 2 saturated heterocycles. The van der Waals surface area contributed by atoms with Gasteiger partial charge in [0.2, 0.25) is 5.83 Å². The summed E-state index contributed by atoms with van der Waals surface area (Å²) in [5.74, 6) is -9.91. The van der Waals surface area contributed by atoms with Crippen molar-refractivity contribution < 1.29 is 27.1 Å². The van der Waals surface area contributed by atoms with E-state index < -0.39 is 50.5 Å². The second kappa shape index (κ2) is 10.8. The fourth-order valence-corrected chi connectivity index (χ4v) is 5.29. The van der Waals surface area contributed by atoms with E-state index in [2.05, 4.69) is 57.3 Å². The number of rotatable bonds is 7. The van der Waals surface area contributed by atoms with Crippen molar-refractivity contribution in [2.24, 2.45) is 26.6 Å². The maximum atomic E-state index is 15.6. The van der Waals surface area contributed by atoms with Gasteiger partial charge in [-0.15, -0.1) is 10.2 Å². The van der Waals surface area contributed by atoms with Crippen LogP contribution in [0.25, 0.3) is 0 Å². The summed E-state index contributed by atoms with van der Waals surface area (Å²) in [7, 11) is 0. The molecule has 0 aromatic heterocycles. The van der Waals surface area contributed by atoms with E-state index in [0.29, 0.717) is 26.2 Å². The van der Waals surface area contributed by atoms with Gasteiger partial charge in [0.1, 0.15) is 14.8 Å². The molecule has 0 aromatic carbocycles. The number of carbonyl (C=O) groups is 1. The number of ether oxygens (including phenoxy) is 1. The van der Waals surface area contributed by atoms with Gasteiger partial charge in [0.15, 0.2) is 5.70 Å². The van der Waals surface area contributed by atoms with Crippen LogP contribution in [0.1, 0.15) is 39.0 Å². The van der Waals surface area contributed by atoms with Gasteiger partial charge in [0.25, 0.3) is 5.92 Å². The molecular weight excluding hydrogens is 580 g/mol. The van der Waals surface area contributed by atoms with Gasteiger partial charge in [-0.25, -0.2) is 9.18 Å². The van der Waals surface area contributed by atoms with Crippen molar-refractivity contribution in [2.75, 3.05) is 32.8 Å². The van der Waals surface area contributed by atoms with Crippen LogP contribution in [0, 0.1) is 5.92 Å². The first-order chi connectivity index (χ1) is 15.6. The molecule has 8 nitrogen and oxygen atoms in total. The highest BCUT2D eigenvalue weighted by Crippen LogP contribution is 2.57. The molecule has 1 atom stereocenters. The molecule has 1 unspecified atom stereocenters. The van der Waals surface area contributed by atoms with E-state index in [0.717, 1.165) is 25.7 Å². The quantitative estimate of drug-likeness (QED) is 0.118. The Balaban J connectivity index is 2.09. The van der Waals surface area contributed by atoms with Crippen LogP contribution in [0.2, 0.25) is 0 Å². The van der Waals surface area contributed by atoms with Crippen molar-refractivity contribution in [2.45, 2.75) is 48.2 Å². The van der Waals surface area contributed by atoms with Crippen molar-refractivity contribution in [3.8, 4) is 0 Å². The van der Waals surface area contributed by atoms with Crippen molar-refractivity contribution in [3.05, 3.63) is 23.0 Å². The summed E-state index contributed by atoms with van der Waals surface area (Å²) >= 11 is 6.08. The number of carbonyl (C=O) groups excluding carboxylic acids is 1. The van der Waals surface area contributed by atoms with E-state index in [4.69, 9.17) is 0 Å². The molecule has 2 aliphatic heterocycles. The Kier molecular flexibility index (Phi) is 8.51. The zero-order valence-corrected chi connectivity index (χ0v) is 21.1. The Labute approximate surface area is 205 Å². The summed E-state index contributed by atoms with van der Waals surface area (Å²) in [6.45, 7) is 3.44. The molecule has 1 aliphatic carbocycles. The van der Waals surface area contributed by atoms with Crippen LogP contribution >= 0.6 is 31.9 Å². The molecule has 0 aromatic rings. The minimum Gasteiger partial charge on any atom is -0.461 e. The molecule has 0 spiro atoms. The van der Waals surface area contributed by atoms with E-state index in [1.807, 2.05) is 0 Å². The van der Waals surface area contributed by atoms with Crippen molar-refractivity contribution in [1.82, 2.24) is 10.0 Å². The fraction of sp³-hybridized carbons (Fsp3) is 0.737. The zero-order chi connectivity index (χ0) is 24.2. The van der Waals surface area contributed by atoms with Crippen LogP contribution < -0.4 is 0 Å². The molecule has 3 aliphatic rings. The van der Waals surface area contributed by atoms with E-state index in [1.54, 1.807) is 0 Å². The van der Waals surface area contributed by atoms with Crippen LogP contribution in [-0.2, 0) is 9.53 Å². The molecule has 3 rings (SSSR count). The van der Waals surface area contributed by atoms with E-state index in [9.17, 15) is 13.6 Å². The summed E-state index contributed by atoms with van der Waals surface area (Å²) in [5.41, 5.74) is -2.02. The predicted molar refractivity (Wildman–Crippen MR) is 118 cm³/mol. The summed E-state index contributed by atoms with van der Waals surface area (Å²) in [6.07, 6.45) is 2.31. The van der Waals surface area contributed by atoms with Gasteiger partial charge in [0.05, 0.1) is 12.5 Å². The third kappa shape index (κ3) is 6.11. The maximum Gasteiger partial charge on any atom is 0.369 e. The number of hydrogen-bond donors (Lipinski definition) is 0. The summed E-state index contributed by atoms with van der Waals surface area (Å²) in [5, 5.41) is 17.9. The van der Waals surface area contributed by atoms with Crippen LogP contribution in [0.4, 0.5) is 17.6 Å². The number of allylic oxidation sites excluding steroid dienone is 2. The first-order valence-corrected chi connectivity index (χ1v) is 12.2. The van der Waals surface area contributed by atoms with Gasteiger partial charge in [-0.3, -0.25) is 10.0 Å². The minimum absolute atomic E-state index is 0.146. The van der Waals surface area contributed by atoms with Crippen molar-refractivity contribution >= 4 is 37.8 Å². The Bertz CT molecular complexity index is 868. The Morgan fingerprint density at radius 1 is 1.09 bits per heavy atom. The molecule has 184 valence electrons. The molecule has 0 radical (unpaired) electrons. The number of halogens is 6. The monoisotopic (exact) mass is 602 g/mol. The minimum atomic E-state index is -3.73. The number of nitrogens with zero attached hydrogens (tertiary/aromatic N) is 6. The predicted octanol–water partition coefficient (Wildman–Crippen LogP) is 5.98. The summed E-state index contributed by atoms with van der Waals surface area (Å²) in [4.78, 5) is 12.1. The van der Waals surface area contributed by atoms with Gasteiger partial charge >= 0.3 is 5.97 Å². The zero-order valence-electron chi connectivity index (χ0n) is 17.9. The largest absolute Gasteiger partial charge is 0.461 e. The topological polar surface area (TPSA) is 82.2 Å². The molecule has 0 N–H and O–H groups in total. The highest BCUT2D eigenvalue weighted by molar-refractivity contribution is 9.25. The maximum absolute atomic E-state index is 15.6. The summed E-state index contributed by atoms with van der Waals surface area (Å²) < 4.78 is 63.2. The average molecular weight is 604 g/mol. The number of alkyl halides is 4. The van der Waals surface area contributed by atoms with Crippen LogP contribution in [0.5, 0.6) is 0 Å². The fourth-order valence-electron chi connectivity index (χ4n) is 3.75. The number of esters is 1. The Morgan fingerprint density at radius 2 is 1.64 bits per heavy atom. The molecule has 2 heterocycles. The van der Waals surface area contributed by atoms with Crippen molar-refractivity contribution in [3.63, 3.8) is 0 Å². The highest BCUT2D eigenvalue weighted by atomic mass is 79.9. The molecule has 0 bridgehead atoms. The first kappa shape index (κ1) is 26.0. The second-order valence-corrected chi connectivity index (χ2v) is 11.8. The van der Waals surface area contributed by atoms with Gasteiger partial charge < -0.3 is 4.74 Å². The lowest BCUT2D eigenvalue weighted by Gasteiger charge is -2.37. The molecule has 0 saturated carbocycles. The molecule has 33 heavy (non-hydrogen) atoms. The Morgan fingerprint density at radius 3 is 2.18 bits per heavy atom. The van der Waals surface area contributed by atoms with E-state index in [-0.39, 0.29) is 6.61 Å². The molecular formula is C19H24Br2F4N6O2. The third-order valence-corrected chi connectivity index (χ3v) is 6.85. The first-order valence-electron chi connectivity index (χ1n) is 10.6. The van der Waals surface area contributed by atoms with Crippen LogP contribution in [0.3, 0.4) is 0 Å². The van der Waals surface area contributed by atoms with E-state index in [1.165, 1.54) is 16.9 Å². The smallest absolute Gasteiger partial charge is 0.369 e. The number of hydrogen-bond acceptors (Lipinski definition) is 6. The lowest BCUT2D eigenvalue weighted by Crippen LogP contribution is -2.41. The van der Waals surface area contributed by atoms with Crippen LogP contribution in [0.15, 0.2) is 43.7 Å². The second-order valence-electron chi connectivity index (χ2n) is 7.89.